The fourth-order valence-electron chi connectivity index (χ4n) is 1.46. The Morgan fingerprint density at radius 1 is 1.24 bits per heavy atom. The molecule has 3 nitrogen and oxygen atoms in total. The van der Waals surface area contributed by atoms with E-state index in [0.717, 1.165) is 11.1 Å². The Morgan fingerprint density at radius 2 is 2.00 bits per heavy atom. The largest absolute Gasteiger partial charge is 0.459 e. The number of anilines is 1. The first-order valence-corrected chi connectivity index (χ1v) is 5.57. The maximum Gasteiger partial charge on any atom is 0.291 e. The van der Waals surface area contributed by atoms with Gasteiger partial charge in [0.1, 0.15) is 0 Å². The van der Waals surface area contributed by atoms with Crippen LogP contribution in [0.15, 0.2) is 34.9 Å². The molecule has 88 valence electrons. The Kier molecular flexibility index (Phi) is 3.20. The normalized spacial score (nSPS) is 10.3. The highest BCUT2D eigenvalue weighted by Crippen LogP contribution is 2.21. The molecule has 1 N–H and O–H groups in total. The lowest BCUT2D eigenvalue weighted by Gasteiger charge is -2.05. The second-order valence-corrected chi connectivity index (χ2v) is 4.26. The molecular weight excluding hydrogens is 238 g/mol. The van der Waals surface area contributed by atoms with Crippen LogP contribution in [0.4, 0.5) is 5.69 Å². The van der Waals surface area contributed by atoms with Crippen LogP contribution in [0.2, 0.25) is 5.02 Å². The number of rotatable bonds is 2. The minimum absolute atomic E-state index is 0.271. The molecular formula is C13H12ClNO2. The summed E-state index contributed by atoms with van der Waals surface area (Å²) in [6, 6.07) is 7.12. The highest BCUT2D eigenvalue weighted by Gasteiger charge is 2.12. The first-order valence-electron chi connectivity index (χ1n) is 5.19. The van der Waals surface area contributed by atoms with Crippen LogP contribution in [0, 0.1) is 13.8 Å². The van der Waals surface area contributed by atoms with Crippen molar-refractivity contribution in [2.75, 3.05) is 5.32 Å². The molecule has 0 radical (unpaired) electrons. The van der Waals surface area contributed by atoms with E-state index in [-0.39, 0.29) is 5.91 Å². The van der Waals surface area contributed by atoms with Gasteiger partial charge in [-0.15, -0.1) is 0 Å². The molecule has 0 aliphatic carbocycles. The highest BCUT2D eigenvalue weighted by molar-refractivity contribution is 6.31. The van der Waals surface area contributed by atoms with Gasteiger partial charge in [0, 0.05) is 16.3 Å². The van der Waals surface area contributed by atoms with E-state index >= 15 is 0 Å². The number of nitrogens with one attached hydrogen (secondary N) is 1. The zero-order valence-corrected chi connectivity index (χ0v) is 10.3. The van der Waals surface area contributed by atoms with Crippen LogP contribution in [-0.4, -0.2) is 5.91 Å². The summed E-state index contributed by atoms with van der Waals surface area (Å²) in [4.78, 5) is 11.8. The van der Waals surface area contributed by atoms with Gasteiger partial charge >= 0.3 is 0 Å². The third kappa shape index (κ3) is 2.50. The number of carbonyl (C=O) groups excluding carboxylic acids is 1. The van der Waals surface area contributed by atoms with Crippen LogP contribution in [-0.2, 0) is 0 Å². The molecule has 0 saturated heterocycles. The summed E-state index contributed by atoms with van der Waals surface area (Å²) >= 11 is 5.98. The van der Waals surface area contributed by atoms with Gasteiger partial charge in [-0.2, -0.15) is 0 Å². The molecule has 0 fully saturated rings. The fourth-order valence-corrected chi connectivity index (χ4v) is 1.64. The van der Waals surface area contributed by atoms with Crippen molar-refractivity contribution in [1.82, 2.24) is 0 Å². The maximum absolute atomic E-state index is 11.8. The van der Waals surface area contributed by atoms with E-state index in [1.54, 1.807) is 18.2 Å². The lowest BCUT2D eigenvalue weighted by molar-refractivity contribution is 0.0996. The third-order valence-electron chi connectivity index (χ3n) is 2.50. The zero-order chi connectivity index (χ0) is 12.4. The number of amides is 1. The van der Waals surface area contributed by atoms with Gasteiger partial charge in [-0.05, 0) is 37.6 Å². The number of hydrogen-bond acceptors (Lipinski definition) is 2. The number of halogens is 1. The molecule has 1 heterocycles. The van der Waals surface area contributed by atoms with Gasteiger partial charge in [0.05, 0.1) is 6.26 Å². The first kappa shape index (κ1) is 11.7. The summed E-state index contributed by atoms with van der Waals surface area (Å²) in [7, 11) is 0. The molecule has 1 amide bonds. The molecule has 17 heavy (non-hydrogen) atoms. The molecule has 0 spiro atoms. The van der Waals surface area contributed by atoms with E-state index in [1.165, 1.54) is 6.26 Å². The predicted molar refractivity (Wildman–Crippen MR) is 67.6 cm³/mol. The summed E-state index contributed by atoms with van der Waals surface area (Å²) in [5, 5.41) is 3.36. The van der Waals surface area contributed by atoms with Gasteiger partial charge in [-0.1, -0.05) is 17.7 Å². The van der Waals surface area contributed by atoms with E-state index in [2.05, 4.69) is 5.32 Å². The predicted octanol–water partition coefficient (Wildman–Crippen LogP) is 3.80. The van der Waals surface area contributed by atoms with E-state index < -0.39 is 0 Å². The fraction of sp³-hybridized carbons (Fsp3) is 0.154. The lowest BCUT2D eigenvalue weighted by atomic mass is 10.2. The third-order valence-corrected chi connectivity index (χ3v) is 2.91. The van der Waals surface area contributed by atoms with E-state index in [0.29, 0.717) is 16.5 Å². The average molecular weight is 250 g/mol. The molecule has 4 heteroatoms. The SMILES string of the molecule is Cc1ccc(NC(=O)c2occc2C)cc1Cl. The van der Waals surface area contributed by atoms with Gasteiger partial charge < -0.3 is 9.73 Å². The Morgan fingerprint density at radius 3 is 2.59 bits per heavy atom. The van der Waals surface area contributed by atoms with Gasteiger partial charge in [-0.25, -0.2) is 0 Å². The van der Waals surface area contributed by atoms with E-state index in [9.17, 15) is 4.79 Å². The van der Waals surface area contributed by atoms with Crippen molar-refractivity contribution >= 4 is 23.2 Å². The standard InChI is InChI=1S/C13H12ClNO2/c1-8-3-4-10(7-11(8)14)15-13(16)12-9(2)5-6-17-12/h3-7H,1-2H3,(H,15,16). The number of benzene rings is 1. The summed E-state index contributed by atoms with van der Waals surface area (Å²) in [5.41, 5.74) is 2.43. The van der Waals surface area contributed by atoms with Crippen molar-refractivity contribution in [3.63, 3.8) is 0 Å². The first-order chi connectivity index (χ1) is 8.08. The molecule has 2 rings (SSSR count). The van der Waals surface area contributed by atoms with Crippen LogP contribution in [0.5, 0.6) is 0 Å². The van der Waals surface area contributed by atoms with Crippen molar-refractivity contribution in [3.8, 4) is 0 Å². The molecule has 0 aliphatic rings. The second-order valence-electron chi connectivity index (χ2n) is 3.85. The number of carbonyl (C=O) groups is 1. The average Bonchev–Trinajstić information content (AvgIpc) is 2.70. The van der Waals surface area contributed by atoms with Crippen molar-refractivity contribution in [2.24, 2.45) is 0 Å². The molecule has 0 bridgehead atoms. The van der Waals surface area contributed by atoms with Crippen LogP contribution in [0.1, 0.15) is 21.7 Å². The number of aryl methyl sites for hydroxylation is 2. The number of hydrogen-bond donors (Lipinski definition) is 1. The molecule has 0 unspecified atom stereocenters. The minimum Gasteiger partial charge on any atom is -0.459 e. The Balaban J connectivity index is 2.19. The van der Waals surface area contributed by atoms with Crippen LogP contribution < -0.4 is 5.32 Å². The number of furan rings is 1. The zero-order valence-electron chi connectivity index (χ0n) is 9.58. The van der Waals surface area contributed by atoms with Crippen LogP contribution >= 0.6 is 11.6 Å². The second kappa shape index (κ2) is 4.63. The molecule has 1 aromatic carbocycles. The molecule has 0 aliphatic heterocycles. The lowest BCUT2D eigenvalue weighted by Crippen LogP contribution is -2.12. The van der Waals surface area contributed by atoms with Crippen molar-refractivity contribution < 1.29 is 9.21 Å². The minimum atomic E-state index is -0.271. The van der Waals surface area contributed by atoms with Crippen LogP contribution in [0.3, 0.4) is 0 Å². The van der Waals surface area contributed by atoms with Gasteiger partial charge in [0.2, 0.25) is 0 Å². The molecule has 1 aromatic heterocycles. The smallest absolute Gasteiger partial charge is 0.291 e. The van der Waals surface area contributed by atoms with Crippen molar-refractivity contribution in [3.05, 3.63) is 52.4 Å². The molecule has 0 atom stereocenters. The summed E-state index contributed by atoms with van der Waals surface area (Å²) in [6.07, 6.45) is 1.49. The molecule has 2 aromatic rings. The topological polar surface area (TPSA) is 42.2 Å². The Bertz CT molecular complexity index is 560. The highest BCUT2D eigenvalue weighted by atomic mass is 35.5. The summed E-state index contributed by atoms with van der Waals surface area (Å²) < 4.78 is 5.11. The summed E-state index contributed by atoms with van der Waals surface area (Å²) in [6.45, 7) is 3.73. The van der Waals surface area contributed by atoms with Crippen molar-refractivity contribution in [1.29, 1.82) is 0 Å². The quantitative estimate of drug-likeness (QED) is 0.880. The van der Waals surface area contributed by atoms with Gasteiger partial charge in [0.15, 0.2) is 5.76 Å². The molecule has 0 saturated carbocycles. The summed E-state index contributed by atoms with van der Waals surface area (Å²) in [5.74, 6) is 0.0501. The maximum atomic E-state index is 11.8. The van der Waals surface area contributed by atoms with Crippen LogP contribution in [0.25, 0.3) is 0 Å². The van der Waals surface area contributed by atoms with E-state index in [1.807, 2.05) is 19.9 Å². The Hall–Kier alpha value is -1.74. The Labute approximate surface area is 104 Å². The van der Waals surface area contributed by atoms with E-state index in [4.69, 9.17) is 16.0 Å². The van der Waals surface area contributed by atoms with Gasteiger partial charge in [-0.3, -0.25) is 4.79 Å². The monoisotopic (exact) mass is 249 g/mol. The van der Waals surface area contributed by atoms with Gasteiger partial charge in [0.25, 0.3) is 5.91 Å². The van der Waals surface area contributed by atoms with Crippen molar-refractivity contribution in [2.45, 2.75) is 13.8 Å².